The molecule has 0 bridgehead atoms. The SMILES string of the molecule is CC(=N)OCc1ccc(NC(=O)OCCSSc2ccccn2)cc1. The summed E-state index contributed by atoms with van der Waals surface area (Å²) >= 11 is 0. The molecule has 0 saturated heterocycles. The van der Waals surface area contributed by atoms with Crippen LogP contribution in [-0.2, 0) is 16.1 Å². The lowest BCUT2D eigenvalue weighted by molar-refractivity contribution is 0.169. The maximum Gasteiger partial charge on any atom is 0.411 e. The molecule has 2 N–H and O–H groups in total. The Morgan fingerprint density at radius 1 is 1.20 bits per heavy atom. The van der Waals surface area contributed by atoms with Crippen LogP contribution in [0.5, 0.6) is 0 Å². The van der Waals surface area contributed by atoms with E-state index in [9.17, 15) is 4.79 Å². The summed E-state index contributed by atoms with van der Waals surface area (Å²) in [5.41, 5.74) is 1.57. The minimum absolute atomic E-state index is 0.171. The Morgan fingerprint density at radius 3 is 2.68 bits per heavy atom. The number of hydrogen-bond acceptors (Lipinski definition) is 7. The predicted molar refractivity (Wildman–Crippen MR) is 102 cm³/mol. The number of carbonyl (C=O) groups excluding carboxylic acids is 1. The zero-order chi connectivity index (χ0) is 17.9. The lowest BCUT2D eigenvalue weighted by Gasteiger charge is -2.08. The van der Waals surface area contributed by atoms with Crippen LogP contribution in [0.4, 0.5) is 10.5 Å². The van der Waals surface area contributed by atoms with E-state index in [-0.39, 0.29) is 5.90 Å². The molecule has 0 atom stereocenters. The van der Waals surface area contributed by atoms with Gasteiger partial charge in [0.15, 0.2) is 5.90 Å². The summed E-state index contributed by atoms with van der Waals surface area (Å²) < 4.78 is 10.3. The molecule has 1 aromatic heterocycles. The van der Waals surface area contributed by atoms with Crippen molar-refractivity contribution in [2.45, 2.75) is 18.6 Å². The van der Waals surface area contributed by atoms with Gasteiger partial charge in [-0.05, 0) is 40.6 Å². The van der Waals surface area contributed by atoms with Crippen molar-refractivity contribution in [3.05, 3.63) is 54.2 Å². The predicted octanol–water partition coefficient (Wildman–Crippen LogP) is 4.58. The number of amides is 1. The molecule has 0 aliphatic rings. The molecular formula is C17H19N3O3S2. The monoisotopic (exact) mass is 377 g/mol. The van der Waals surface area contributed by atoms with E-state index in [2.05, 4.69) is 10.3 Å². The number of ether oxygens (including phenoxy) is 2. The molecular weight excluding hydrogens is 358 g/mol. The van der Waals surface area contributed by atoms with E-state index >= 15 is 0 Å². The van der Waals surface area contributed by atoms with Crippen molar-refractivity contribution in [3.63, 3.8) is 0 Å². The van der Waals surface area contributed by atoms with Crippen LogP contribution in [0, 0.1) is 5.41 Å². The number of pyridine rings is 1. The van der Waals surface area contributed by atoms with E-state index < -0.39 is 6.09 Å². The topological polar surface area (TPSA) is 84.3 Å². The molecule has 25 heavy (non-hydrogen) atoms. The fraction of sp³-hybridized carbons (Fsp3) is 0.235. The number of hydrogen-bond donors (Lipinski definition) is 2. The van der Waals surface area contributed by atoms with Crippen molar-refractivity contribution in [2.24, 2.45) is 0 Å². The highest BCUT2D eigenvalue weighted by atomic mass is 33.1. The van der Waals surface area contributed by atoms with E-state index in [1.54, 1.807) is 46.8 Å². The molecule has 8 heteroatoms. The highest BCUT2D eigenvalue weighted by molar-refractivity contribution is 8.76. The number of nitrogens with one attached hydrogen (secondary N) is 2. The average Bonchev–Trinajstić information content (AvgIpc) is 2.61. The maximum atomic E-state index is 11.7. The van der Waals surface area contributed by atoms with Gasteiger partial charge in [-0.25, -0.2) is 9.78 Å². The van der Waals surface area contributed by atoms with E-state index in [1.807, 2.05) is 30.3 Å². The fourth-order valence-corrected chi connectivity index (χ4v) is 3.40. The Labute approximate surface area is 154 Å². The standard InChI is InChI=1S/C17H19N3O3S2/c1-13(18)23-12-14-5-7-15(8-6-14)20-17(21)22-10-11-24-25-16-4-2-3-9-19-16/h2-9,18H,10-12H2,1H3,(H,20,21). The molecule has 6 nitrogen and oxygen atoms in total. The molecule has 0 unspecified atom stereocenters. The molecule has 132 valence electrons. The average molecular weight is 377 g/mol. The van der Waals surface area contributed by atoms with Gasteiger partial charge >= 0.3 is 6.09 Å². The van der Waals surface area contributed by atoms with E-state index in [0.29, 0.717) is 24.7 Å². The van der Waals surface area contributed by atoms with Crippen molar-refractivity contribution in [1.82, 2.24) is 4.98 Å². The van der Waals surface area contributed by atoms with Gasteiger partial charge < -0.3 is 9.47 Å². The number of nitrogens with zero attached hydrogens (tertiary/aromatic N) is 1. The molecule has 2 aromatic rings. The van der Waals surface area contributed by atoms with Crippen molar-refractivity contribution in [2.75, 3.05) is 17.7 Å². The Kier molecular flexibility index (Phi) is 8.14. The molecule has 0 spiro atoms. The third-order valence-electron chi connectivity index (χ3n) is 2.84. The highest BCUT2D eigenvalue weighted by Crippen LogP contribution is 2.28. The van der Waals surface area contributed by atoms with Crippen LogP contribution in [0.25, 0.3) is 0 Å². The summed E-state index contributed by atoms with van der Waals surface area (Å²) in [7, 11) is 3.13. The van der Waals surface area contributed by atoms with E-state index in [0.717, 1.165) is 10.6 Å². The van der Waals surface area contributed by atoms with Gasteiger partial charge in [0, 0.05) is 24.6 Å². The van der Waals surface area contributed by atoms with Gasteiger partial charge in [-0.3, -0.25) is 10.7 Å². The second-order valence-corrected chi connectivity index (χ2v) is 7.31. The van der Waals surface area contributed by atoms with Crippen LogP contribution in [-0.4, -0.2) is 29.3 Å². The first-order valence-corrected chi connectivity index (χ1v) is 9.86. The summed E-state index contributed by atoms with van der Waals surface area (Å²) in [6.07, 6.45) is 1.26. The Morgan fingerprint density at radius 2 is 2.00 bits per heavy atom. The van der Waals surface area contributed by atoms with Crippen molar-refractivity contribution in [3.8, 4) is 0 Å². The van der Waals surface area contributed by atoms with Crippen molar-refractivity contribution >= 4 is 39.3 Å². The third-order valence-corrected chi connectivity index (χ3v) is 5.07. The van der Waals surface area contributed by atoms with Crippen LogP contribution >= 0.6 is 21.6 Å². The van der Waals surface area contributed by atoms with Gasteiger partial charge in [0.25, 0.3) is 0 Å². The quantitative estimate of drug-likeness (QED) is 0.303. The zero-order valence-corrected chi connectivity index (χ0v) is 15.4. The smallest absolute Gasteiger partial charge is 0.411 e. The molecule has 0 saturated carbocycles. The lowest BCUT2D eigenvalue weighted by Crippen LogP contribution is -2.15. The molecule has 2 rings (SSSR count). The zero-order valence-electron chi connectivity index (χ0n) is 13.7. The number of carbonyl (C=O) groups is 1. The first kappa shape index (κ1) is 19.1. The summed E-state index contributed by atoms with van der Waals surface area (Å²) in [4.78, 5) is 15.9. The fourth-order valence-electron chi connectivity index (χ4n) is 1.70. The molecule has 1 aromatic carbocycles. The van der Waals surface area contributed by atoms with Crippen LogP contribution < -0.4 is 5.32 Å². The largest absolute Gasteiger partial charge is 0.477 e. The first-order valence-electron chi connectivity index (χ1n) is 7.54. The van der Waals surface area contributed by atoms with Crippen LogP contribution in [0.15, 0.2) is 53.7 Å². The number of benzene rings is 1. The second-order valence-electron chi connectivity index (χ2n) is 4.88. The van der Waals surface area contributed by atoms with Gasteiger partial charge in [-0.15, -0.1) is 0 Å². The highest BCUT2D eigenvalue weighted by Gasteiger charge is 2.04. The third kappa shape index (κ3) is 7.95. The van der Waals surface area contributed by atoms with Gasteiger partial charge in [0.1, 0.15) is 18.2 Å². The second kappa shape index (κ2) is 10.6. The normalized spacial score (nSPS) is 10.1. The maximum absolute atomic E-state index is 11.7. The van der Waals surface area contributed by atoms with Crippen LogP contribution in [0.2, 0.25) is 0 Å². The van der Waals surface area contributed by atoms with E-state index in [1.165, 1.54) is 0 Å². The first-order chi connectivity index (χ1) is 12.1. The molecule has 1 heterocycles. The minimum atomic E-state index is -0.484. The Balaban J connectivity index is 1.62. The lowest BCUT2D eigenvalue weighted by atomic mass is 10.2. The molecule has 0 aliphatic heterocycles. The molecule has 0 radical (unpaired) electrons. The number of anilines is 1. The number of rotatable bonds is 8. The Bertz CT molecular complexity index is 681. The van der Waals surface area contributed by atoms with Gasteiger partial charge in [-0.1, -0.05) is 29.0 Å². The summed E-state index contributed by atoms with van der Waals surface area (Å²) in [5.74, 6) is 0.846. The molecule has 0 aliphatic carbocycles. The van der Waals surface area contributed by atoms with Gasteiger partial charge in [0.05, 0.1) is 0 Å². The Hall–Kier alpha value is -2.19. The molecule has 0 fully saturated rings. The van der Waals surface area contributed by atoms with Crippen LogP contribution in [0.3, 0.4) is 0 Å². The van der Waals surface area contributed by atoms with E-state index in [4.69, 9.17) is 14.9 Å². The van der Waals surface area contributed by atoms with Crippen molar-refractivity contribution < 1.29 is 14.3 Å². The minimum Gasteiger partial charge on any atom is -0.477 e. The summed E-state index contributed by atoms with van der Waals surface area (Å²) in [5, 5.41) is 10.8. The number of aromatic nitrogens is 1. The van der Waals surface area contributed by atoms with Crippen molar-refractivity contribution in [1.29, 1.82) is 5.41 Å². The summed E-state index contributed by atoms with van der Waals surface area (Å²) in [6, 6.07) is 12.9. The van der Waals surface area contributed by atoms with Crippen LogP contribution in [0.1, 0.15) is 12.5 Å². The van der Waals surface area contributed by atoms with Gasteiger partial charge in [-0.2, -0.15) is 0 Å². The summed E-state index contributed by atoms with van der Waals surface area (Å²) in [6.45, 7) is 2.24. The van der Waals surface area contributed by atoms with Gasteiger partial charge in [0.2, 0.25) is 0 Å². The molecule has 1 amide bonds.